The summed E-state index contributed by atoms with van der Waals surface area (Å²) in [5.41, 5.74) is 1.45. The van der Waals surface area contributed by atoms with Crippen LogP contribution in [0.5, 0.6) is 0 Å². The van der Waals surface area contributed by atoms with Crippen LogP contribution in [0.4, 0.5) is 15.8 Å². The second-order valence-corrected chi connectivity index (χ2v) is 7.95. The number of anilines is 2. The van der Waals surface area contributed by atoms with Gasteiger partial charge in [-0.1, -0.05) is 30.7 Å². The molecule has 2 N–H and O–H groups in total. The van der Waals surface area contributed by atoms with E-state index in [4.69, 9.17) is 11.6 Å². The highest BCUT2D eigenvalue weighted by Gasteiger charge is 2.22. The lowest BCUT2D eigenvalue weighted by Gasteiger charge is -2.15. The first-order chi connectivity index (χ1) is 11.7. The second-order valence-electron chi connectivity index (χ2n) is 5.74. The fourth-order valence-corrected chi connectivity index (χ4v) is 3.71. The van der Waals surface area contributed by atoms with Gasteiger partial charge in [0.05, 0.1) is 17.4 Å². The van der Waals surface area contributed by atoms with Crippen LogP contribution < -0.4 is 10.0 Å². The first kappa shape index (κ1) is 19.2. The highest BCUT2D eigenvalue weighted by Crippen LogP contribution is 2.21. The van der Waals surface area contributed by atoms with Gasteiger partial charge in [0.25, 0.3) is 0 Å². The summed E-state index contributed by atoms with van der Waals surface area (Å²) in [7, 11) is -3.81. The van der Waals surface area contributed by atoms with Gasteiger partial charge in [-0.15, -0.1) is 0 Å². The molecule has 0 bridgehead atoms. The quantitative estimate of drug-likeness (QED) is 0.795. The van der Waals surface area contributed by atoms with Crippen molar-refractivity contribution in [3.05, 3.63) is 58.9 Å². The van der Waals surface area contributed by atoms with Crippen LogP contribution in [0.1, 0.15) is 12.5 Å². The van der Waals surface area contributed by atoms with Gasteiger partial charge in [-0.2, -0.15) is 0 Å². The number of nitrogens with one attached hydrogen (secondary N) is 2. The van der Waals surface area contributed by atoms with E-state index < -0.39 is 33.4 Å². The number of halogens is 2. The molecule has 5 nitrogen and oxygen atoms in total. The lowest BCUT2D eigenvalue weighted by molar-refractivity contribution is -0.118. The topological polar surface area (TPSA) is 75.3 Å². The largest absolute Gasteiger partial charge is 0.326 e. The molecule has 2 aromatic rings. The third-order valence-electron chi connectivity index (χ3n) is 3.47. The van der Waals surface area contributed by atoms with Crippen LogP contribution in [0.3, 0.4) is 0 Å². The summed E-state index contributed by atoms with van der Waals surface area (Å²) in [6.07, 6.45) is 0. The van der Waals surface area contributed by atoms with Crippen LogP contribution in [0.15, 0.2) is 42.5 Å². The van der Waals surface area contributed by atoms with Gasteiger partial charge < -0.3 is 5.32 Å². The van der Waals surface area contributed by atoms with E-state index in [0.717, 1.165) is 11.6 Å². The van der Waals surface area contributed by atoms with Crippen LogP contribution in [0.25, 0.3) is 0 Å². The second kappa shape index (κ2) is 7.84. The van der Waals surface area contributed by atoms with Gasteiger partial charge in [0.15, 0.2) is 0 Å². The van der Waals surface area contributed by atoms with E-state index in [1.54, 1.807) is 25.1 Å². The Balaban J connectivity index is 2.03. The minimum atomic E-state index is -3.81. The smallest absolute Gasteiger partial charge is 0.233 e. The summed E-state index contributed by atoms with van der Waals surface area (Å²) >= 11 is 5.90. The summed E-state index contributed by atoms with van der Waals surface area (Å²) in [6, 6.07) is 10.2. The van der Waals surface area contributed by atoms with Gasteiger partial charge in [-0.05, 0) is 42.8 Å². The van der Waals surface area contributed by atoms with E-state index in [-0.39, 0.29) is 5.69 Å². The van der Waals surface area contributed by atoms with E-state index in [9.17, 15) is 17.6 Å². The van der Waals surface area contributed by atoms with Crippen LogP contribution in [0.2, 0.25) is 5.02 Å². The Kier molecular flexibility index (Phi) is 6.02. The van der Waals surface area contributed by atoms with Crippen LogP contribution >= 0.6 is 11.6 Å². The number of carbonyl (C=O) groups is 1. The predicted octanol–water partition coefficient (Wildman–Crippen LogP) is 3.80. The normalized spacial score (nSPS) is 12.5. The van der Waals surface area contributed by atoms with Crippen molar-refractivity contribution in [2.75, 3.05) is 15.8 Å². The molecule has 2 aromatic carbocycles. The molecule has 8 heteroatoms. The fraction of sp³-hybridized carbons (Fsp3) is 0.235. The lowest BCUT2D eigenvalue weighted by atomic mass is 10.1. The minimum Gasteiger partial charge on any atom is -0.326 e. The molecule has 25 heavy (non-hydrogen) atoms. The molecule has 0 spiro atoms. The molecule has 0 aromatic heterocycles. The molecule has 0 fully saturated rings. The number of carbonyl (C=O) groups excluding carboxylic acids is 1. The average molecular weight is 385 g/mol. The van der Waals surface area contributed by atoms with Gasteiger partial charge in [-0.25, -0.2) is 12.8 Å². The van der Waals surface area contributed by atoms with E-state index >= 15 is 0 Å². The number of amides is 1. The van der Waals surface area contributed by atoms with Crippen molar-refractivity contribution in [3.8, 4) is 0 Å². The van der Waals surface area contributed by atoms with E-state index in [2.05, 4.69) is 10.0 Å². The van der Waals surface area contributed by atoms with Crippen molar-refractivity contribution in [3.63, 3.8) is 0 Å². The standard InChI is InChI=1S/C17H18ClFN2O3S/c1-11-6-7-13(18)8-16(11)20-17(22)12(2)10-25(23,24)21-15-5-3-4-14(19)9-15/h3-9,12,21H,10H2,1-2H3,(H,20,22). The average Bonchev–Trinajstić information content (AvgIpc) is 2.49. The number of rotatable bonds is 6. The highest BCUT2D eigenvalue weighted by atomic mass is 35.5. The number of hydrogen-bond donors (Lipinski definition) is 2. The molecule has 0 heterocycles. The Morgan fingerprint density at radius 3 is 2.64 bits per heavy atom. The summed E-state index contributed by atoms with van der Waals surface area (Å²) in [5, 5.41) is 3.14. The third kappa shape index (κ3) is 5.72. The zero-order valence-electron chi connectivity index (χ0n) is 13.7. The van der Waals surface area contributed by atoms with Crippen molar-refractivity contribution in [2.45, 2.75) is 13.8 Å². The molecule has 0 saturated carbocycles. The number of sulfonamides is 1. The van der Waals surface area contributed by atoms with E-state index in [1.807, 2.05) is 0 Å². The Morgan fingerprint density at radius 1 is 1.24 bits per heavy atom. The summed E-state index contributed by atoms with van der Waals surface area (Å²) in [4.78, 5) is 12.3. The van der Waals surface area contributed by atoms with E-state index in [1.165, 1.54) is 25.1 Å². The third-order valence-corrected chi connectivity index (χ3v) is 5.19. The number of aryl methyl sites for hydroxylation is 1. The first-order valence-electron chi connectivity index (χ1n) is 7.49. The van der Waals surface area contributed by atoms with Gasteiger partial charge in [0, 0.05) is 10.7 Å². The molecular weight excluding hydrogens is 367 g/mol. The van der Waals surface area contributed by atoms with Crippen molar-refractivity contribution < 1.29 is 17.6 Å². The van der Waals surface area contributed by atoms with Gasteiger partial charge in [0.2, 0.25) is 15.9 Å². The summed E-state index contributed by atoms with van der Waals surface area (Å²) in [6.45, 7) is 3.30. The molecule has 1 amide bonds. The molecule has 0 aliphatic carbocycles. The van der Waals surface area contributed by atoms with Crippen molar-refractivity contribution >= 4 is 38.9 Å². The molecule has 0 aliphatic heterocycles. The lowest BCUT2D eigenvalue weighted by Crippen LogP contribution is -2.30. The van der Waals surface area contributed by atoms with Crippen LogP contribution in [-0.4, -0.2) is 20.1 Å². The van der Waals surface area contributed by atoms with Crippen LogP contribution in [-0.2, 0) is 14.8 Å². The van der Waals surface area contributed by atoms with Crippen molar-refractivity contribution in [1.29, 1.82) is 0 Å². The fourth-order valence-electron chi connectivity index (χ4n) is 2.16. The van der Waals surface area contributed by atoms with Crippen molar-refractivity contribution in [2.24, 2.45) is 5.92 Å². The Morgan fingerprint density at radius 2 is 1.96 bits per heavy atom. The maximum absolute atomic E-state index is 13.1. The molecular formula is C17H18ClFN2O3S. The zero-order valence-corrected chi connectivity index (χ0v) is 15.3. The van der Waals surface area contributed by atoms with Gasteiger partial charge in [-0.3, -0.25) is 9.52 Å². The maximum atomic E-state index is 13.1. The number of hydrogen-bond acceptors (Lipinski definition) is 3. The summed E-state index contributed by atoms with van der Waals surface area (Å²) in [5.74, 6) is -2.25. The molecule has 0 aliphatic rings. The molecule has 1 atom stereocenters. The van der Waals surface area contributed by atoms with Gasteiger partial charge in [0.1, 0.15) is 5.82 Å². The van der Waals surface area contributed by atoms with Crippen LogP contribution in [0, 0.1) is 18.7 Å². The summed E-state index contributed by atoms with van der Waals surface area (Å²) < 4.78 is 39.7. The molecule has 134 valence electrons. The minimum absolute atomic E-state index is 0.110. The van der Waals surface area contributed by atoms with Gasteiger partial charge >= 0.3 is 0 Å². The Hall–Kier alpha value is -2.12. The zero-order chi connectivity index (χ0) is 18.6. The predicted molar refractivity (Wildman–Crippen MR) is 97.8 cm³/mol. The molecule has 0 saturated heterocycles. The number of benzene rings is 2. The molecule has 1 unspecified atom stereocenters. The Bertz CT molecular complexity index is 887. The van der Waals surface area contributed by atoms with E-state index in [0.29, 0.717) is 10.7 Å². The highest BCUT2D eigenvalue weighted by molar-refractivity contribution is 7.92. The van der Waals surface area contributed by atoms with Crippen molar-refractivity contribution in [1.82, 2.24) is 0 Å². The first-order valence-corrected chi connectivity index (χ1v) is 9.52. The SMILES string of the molecule is Cc1ccc(Cl)cc1NC(=O)C(C)CS(=O)(=O)Nc1cccc(F)c1. The molecule has 2 rings (SSSR count). The Labute approximate surface area is 151 Å². The maximum Gasteiger partial charge on any atom is 0.233 e. The monoisotopic (exact) mass is 384 g/mol. The molecule has 0 radical (unpaired) electrons.